The molecular weight excluding hydrogens is 380 g/mol. The van der Waals surface area contributed by atoms with Crippen molar-refractivity contribution in [3.05, 3.63) is 52.7 Å². The van der Waals surface area contributed by atoms with Crippen molar-refractivity contribution in [2.75, 3.05) is 12.9 Å². The predicted molar refractivity (Wildman–Crippen MR) is 108 cm³/mol. The number of hydrogen-bond acceptors (Lipinski definition) is 7. The molecule has 6 nitrogen and oxygen atoms in total. The zero-order chi connectivity index (χ0) is 19.2. The Labute approximate surface area is 166 Å². The maximum absolute atomic E-state index is 12.1. The van der Waals surface area contributed by atoms with E-state index in [-0.39, 0.29) is 11.7 Å². The van der Waals surface area contributed by atoms with Gasteiger partial charge in [0, 0.05) is 6.54 Å². The SMILES string of the molecule is COc1cccc(CNC(=O)CSc2ccc(-c3sc(C)nc3C)nn2)c1. The van der Waals surface area contributed by atoms with E-state index in [1.807, 2.05) is 50.2 Å². The van der Waals surface area contributed by atoms with Crippen LogP contribution in [0.4, 0.5) is 0 Å². The topological polar surface area (TPSA) is 77.0 Å². The Bertz CT molecular complexity index is 926. The lowest BCUT2D eigenvalue weighted by molar-refractivity contribution is -0.118. The van der Waals surface area contributed by atoms with Gasteiger partial charge in [0.1, 0.15) is 16.5 Å². The van der Waals surface area contributed by atoms with Crippen molar-refractivity contribution in [3.63, 3.8) is 0 Å². The molecule has 0 saturated heterocycles. The van der Waals surface area contributed by atoms with Crippen LogP contribution < -0.4 is 10.1 Å². The van der Waals surface area contributed by atoms with Crippen LogP contribution in [0.2, 0.25) is 0 Å². The number of carbonyl (C=O) groups excluding carboxylic acids is 1. The number of amides is 1. The molecule has 140 valence electrons. The number of hydrogen-bond donors (Lipinski definition) is 1. The van der Waals surface area contributed by atoms with Crippen LogP contribution in [0.1, 0.15) is 16.3 Å². The number of aryl methyl sites for hydroxylation is 2. The first-order valence-corrected chi connectivity index (χ1v) is 10.2. The zero-order valence-electron chi connectivity index (χ0n) is 15.4. The molecule has 2 aromatic heterocycles. The first-order chi connectivity index (χ1) is 13.0. The second-order valence-electron chi connectivity index (χ2n) is 5.82. The number of methoxy groups -OCH3 is 1. The Kier molecular flexibility index (Phi) is 6.41. The summed E-state index contributed by atoms with van der Waals surface area (Å²) in [6, 6.07) is 11.4. The van der Waals surface area contributed by atoms with Gasteiger partial charge in [-0.2, -0.15) is 0 Å². The van der Waals surface area contributed by atoms with Crippen molar-refractivity contribution in [2.24, 2.45) is 0 Å². The fourth-order valence-electron chi connectivity index (χ4n) is 2.46. The minimum atomic E-state index is -0.0531. The number of rotatable bonds is 7. The Morgan fingerprint density at radius 2 is 2.07 bits per heavy atom. The average molecular weight is 401 g/mol. The molecule has 0 unspecified atom stereocenters. The second-order valence-corrected chi connectivity index (χ2v) is 8.02. The van der Waals surface area contributed by atoms with Gasteiger partial charge in [-0.3, -0.25) is 4.79 Å². The van der Waals surface area contributed by atoms with Crippen molar-refractivity contribution < 1.29 is 9.53 Å². The summed E-state index contributed by atoms with van der Waals surface area (Å²) in [5.41, 5.74) is 2.76. The summed E-state index contributed by atoms with van der Waals surface area (Å²) in [5, 5.41) is 13.1. The highest BCUT2D eigenvalue weighted by Crippen LogP contribution is 2.28. The fraction of sp³-hybridized carbons (Fsp3) is 0.263. The maximum atomic E-state index is 12.1. The van der Waals surface area contributed by atoms with E-state index in [4.69, 9.17) is 4.74 Å². The molecule has 3 rings (SSSR count). The lowest BCUT2D eigenvalue weighted by atomic mass is 10.2. The van der Waals surface area contributed by atoms with Crippen molar-refractivity contribution in [1.82, 2.24) is 20.5 Å². The van der Waals surface area contributed by atoms with E-state index in [2.05, 4.69) is 20.5 Å². The van der Waals surface area contributed by atoms with E-state index in [9.17, 15) is 4.79 Å². The van der Waals surface area contributed by atoms with Crippen LogP contribution in [-0.4, -0.2) is 34.0 Å². The van der Waals surface area contributed by atoms with Gasteiger partial charge in [0.25, 0.3) is 0 Å². The minimum Gasteiger partial charge on any atom is -0.497 e. The third kappa shape index (κ3) is 5.27. The molecule has 8 heteroatoms. The highest BCUT2D eigenvalue weighted by Gasteiger charge is 2.10. The molecule has 0 aliphatic rings. The fourth-order valence-corrected chi connectivity index (χ4v) is 3.99. The molecule has 3 aromatic rings. The first kappa shape index (κ1) is 19.3. The van der Waals surface area contributed by atoms with Crippen LogP contribution in [0.25, 0.3) is 10.6 Å². The third-order valence-electron chi connectivity index (χ3n) is 3.75. The Hall–Kier alpha value is -2.45. The predicted octanol–water partition coefficient (Wildman–Crippen LogP) is 3.63. The van der Waals surface area contributed by atoms with Crippen LogP contribution in [0.15, 0.2) is 41.4 Å². The highest BCUT2D eigenvalue weighted by atomic mass is 32.2. The minimum absolute atomic E-state index is 0.0531. The van der Waals surface area contributed by atoms with Crippen LogP contribution >= 0.6 is 23.1 Å². The Balaban J connectivity index is 1.50. The van der Waals surface area contributed by atoms with Crippen LogP contribution in [0.3, 0.4) is 0 Å². The van der Waals surface area contributed by atoms with Crippen LogP contribution in [0.5, 0.6) is 5.75 Å². The Morgan fingerprint density at radius 1 is 1.22 bits per heavy atom. The quantitative estimate of drug-likeness (QED) is 0.610. The van der Waals surface area contributed by atoms with Gasteiger partial charge >= 0.3 is 0 Å². The van der Waals surface area contributed by atoms with E-state index in [1.54, 1.807) is 18.4 Å². The van der Waals surface area contributed by atoms with Crippen molar-refractivity contribution in [1.29, 1.82) is 0 Å². The molecular formula is C19H20N4O2S2. The number of ether oxygens (including phenoxy) is 1. The number of aromatic nitrogens is 3. The molecule has 1 aromatic carbocycles. The summed E-state index contributed by atoms with van der Waals surface area (Å²) in [7, 11) is 1.62. The average Bonchev–Trinajstić information content (AvgIpc) is 3.03. The van der Waals surface area contributed by atoms with Gasteiger partial charge in [0.2, 0.25) is 5.91 Å². The first-order valence-electron chi connectivity index (χ1n) is 8.35. The van der Waals surface area contributed by atoms with E-state index in [0.29, 0.717) is 11.6 Å². The molecule has 0 saturated carbocycles. The summed E-state index contributed by atoms with van der Waals surface area (Å²) >= 11 is 2.97. The normalized spacial score (nSPS) is 10.6. The molecule has 2 heterocycles. The molecule has 0 atom stereocenters. The molecule has 1 amide bonds. The number of thioether (sulfide) groups is 1. The largest absolute Gasteiger partial charge is 0.497 e. The van der Waals surface area contributed by atoms with E-state index >= 15 is 0 Å². The number of benzene rings is 1. The summed E-state index contributed by atoms with van der Waals surface area (Å²) in [6.45, 7) is 4.41. The lowest BCUT2D eigenvalue weighted by Crippen LogP contribution is -2.24. The molecule has 0 aliphatic carbocycles. The van der Waals surface area contributed by atoms with Gasteiger partial charge < -0.3 is 10.1 Å². The van der Waals surface area contributed by atoms with Gasteiger partial charge in [0.05, 0.1) is 28.4 Å². The number of carbonyl (C=O) groups is 1. The van der Waals surface area contributed by atoms with Gasteiger partial charge in [-0.15, -0.1) is 21.5 Å². The van der Waals surface area contributed by atoms with E-state index < -0.39 is 0 Å². The van der Waals surface area contributed by atoms with Gasteiger partial charge in [0.15, 0.2) is 0 Å². The maximum Gasteiger partial charge on any atom is 0.230 e. The van der Waals surface area contributed by atoms with Crippen molar-refractivity contribution >= 4 is 29.0 Å². The van der Waals surface area contributed by atoms with Gasteiger partial charge in [-0.05, 0) is 43.7 Å². The lowest BCUT2D eigenvalue weighted by Gasteiger charge is -2.07. The summed E-state index contributed by atoms with van der Waals surface area (Å²) in [6.07, 6.45) is 0. The standard InChI is InChI=1S/C19H20N4O2S2/c1-12-19(27-13(2)21-12)16-7-8-18(23-22-16)26-11-17(24)20-10-14-5-4-6-15(9-14)25-3/h4-9H,10-11H2,1-3H3,(H,20,24). The highest BCUT2D eigenvalue weighted by molar-refractivity contribution is 7.99. The number of nitrogens with one attached hydrogen (secondary N) is 1. The molecule has 0 spiro atoms. The monoisotopic (exact) mass is 400 g/mol. The number of thiazole rings is 1. The molecule has 0 bridgehead atoms. The zero-order valence-corrected chi connectivity index (χ0v) is 17.0. The van der Waals surface area contributed by atoms with Crippen LogP contribution in [0, 0.1) is 13.8 Å². The molecule has 0 radical (unpaired) electrons. The molecule has 1 N–H and O–H groups in total. The van der Waals surface area contributed by atoms with Crippen LogP contribution in [-0.2, 0) is 11.3 Å². The molecule has 27 heavy (non-hydrogen) atoms. The van der Waals surface area contributed by atoms with E-state index in [1.165, 1.54) is 11.8 Å². The van der Waals surface area contributed by atoms with Crippen molar-refractivity contribution in [3.8, 4) is 16.3 Å². The van der Waals surface area contributed by atoms with Crippen molar-refractivity contribution in [2.45, 2.75) is 25.4 Å². The molecule has 0 aliphatic heterocycles. The second kappa shape index (κ2) is 8.96. The Morgan fingerprint density at radius 3 is 2.74 bits per heavy atom. The third-order valence-corrected chi connectivity index (χ3v) is 5.77. The smallest absolute Gasteiger partial charge is 0.230 e. The molecule has 0 fully saturated rings. The number of nitrogens with zero attached hydrogens (tertiary/aromatic N) is 3. The van der Waals surface area contributed by atoms with E-state index in [0.717, 1.165) is 32.6 Å². The van der Waals surface area contributed by atoms with Gasteiger partial charge in [-0.25, -0.2) is 4.98 Å². The van der Waals surface area contributed by atoms with Gasteiger partial charge in [-0.1, -0.05) is 23.9 Å². The summed E-state index contributed by atoms with van der Waals surface area (Å²) < 4.78 is 5.18. The summed E-state index contributed by atoms with van der Waals surface area (Å²) in [5.74, 6) is 1.01. The summed E-state index contributed by atoms with van der Waals surface area (Å²) in [4.78, 5) is 17.5.